The lowest BCUT2D eigenvalue weighted by atomic mass is 10.1. The maximum atomic E-state index is 12.1. The molecule has 1 aliphatic rings. The fourth-order valence-electron chi connectivity index (χ4n) is 1.89. The van der Waals surface area contributed by atoms with Crippen molar-refractivity contribution in [3.8, 4) is 0 Å². The van der Waals surface area contributed by atoms with Crippen LogP contribution in [-0.4, -0.2) is 35.2 Å². The second-order valence-corrected chi connectivity index (χ2v) is 5.32. The largest absolute Gasteiger partial charge is 0.318 e. The van der Waals surface area contributed by atoms with Crippen LogP contribution in [0.5, 0.6) is 0 Å². The summed E-state index contributed by atoms with van der Waals surface area (Å²) in [7, 11) is 0. The first-order valence-electron chi connectivity index (χ1n) is 6.16. The summed E-state index contributed by atoms with van der Waals surface area (Å²) in [5.41, 5.74) is 0.581. The molecule has 1 aliphatic heterocycles. The van der Waals surface area contributed by atoms with Crippen LogP contribution in [0.3, 0.4) is 0 Å². The van der Waals surface area contributed by atoms with Gasteiger partial charge in [-0.05, 0) is 24.6 Å². The Bertz CT molecular complexity index is 643. The number of carbonyl (C=O) groups is 3. The quantitative estimate of drug-likeness (QED) is 0.666. The minimum Gasteiger partial charge on any atom is -0.318 e. The summed E-state index contributed by atoms with van der Waals surface area (Å²) in [6.45, 7) is 1.40. The first kappa shape index (κ1) is 15.5. The predicted molar refractivity (Wildman–Crippen MR) is 79.8 cm³/mol. The molecule has 0 spiro atoms. The normalized spacial score (nSPS) is 19.0. The van der Waals surface area contributed by atoms with Crippen molar-refractivity contribution < 1.29 is 14.4 Å². The summed E-state index contributed by atoms with van der Waals surface area (Å²) in [5.74, 6) is -1.43. The van der Waals surface area contributed by atoms with Gasteiger partial charge >= 0.3 is 0 Å². The smallest absolute Gasteiger partial charge is 0.249 e. The fraction of sp³-hybridized carbons (Fsp3) is 0.214. The summed E-state index contributed by atoms with van der Waals surface area (Å²) in [6, 6.07) is 4.35. The van der Waals surface area contributed by atoms with E-state index in [0.29, 0.717) is 15.6 Å². The van der Waals surface area contributed by atoms with E-state index in [0.717, 1.165) is 0 Å². The molecule has 21 heavy (non-hydrogen) atoms. The molecule has 7 heteroatoms. The number of amides is 3. The number of hydrogen-bond donors (Lipinski definition) is 1. The van der Waals surface area contributed by atoms with Gasteiger partial charge in [-0.2, -0.15) is 0 Å². The number of nitrogens with zero attached hydrogens (tertiary/aromatic N) is 1. The van der Waals surface area contributed by atoms with E-state index < -0.39 is 23.8 Å². The number of hydrogen-bond acceptors (Lipinski definition) is 3. The molecule has 1 fully saturated rings. The third-order valence-corrected chi connectivity index (χ3v) is 3.93. The van der Waals surface area contributed by atoms with Gasteiger partial charge in [0.15, 0.2) is 0 Å². The lowest BCUT2D eigenvalue weighted by molar-refractivity contribution is -0.147. The molecule has 1 aromatic carbocycles. The lowest BCUT2D eigenvalue weighted by Gasteiger charge is -2.30. The first-order chi connectivity index (χ1) is 9.90. The fourth-order valence-corrected chi connectivity index (χ4v) is 2.26. The molecule has 0 aromatic heterocycles. The van der Waals surface area contributed by atoms with Crippen molar-refractivity contribution in [2.75, 3.05) is 6.54 Å². The van der Waals surface area contributed by atoms with Gasteiger partial charge < -0.3 is 4.90 Å². The van der Waals surface area contributed by atoms with Crippen molar-refractivity contribution in [2.24, 2.45) is 0 Å². The molecule has 1 N–H and O–H groups in total. The SMILES string of the molecule is CC1C(=O)NC(=O)CN1C(=O)C=Cc1cccc(Cl)c1Cl. The Morgan fingerprint density at radius 2 is 2.10 bits per heavy atom. The maximum absolute atomic E-state index is 12.1. The zero-order chi connectivity index (χ0) is 15.6. The highest BCUT2D eigenvalue weighted by Gasteiger charge is 2.32. The Kier molecular flexibility index (Phi) is 4.65. The van der Waals surface area contributed by atoms with Crippen LogP contribution in [0.15, 0.2) is 24.3 Å². The Hall–Kier alpha value is -1.85. The zero-order valence-corrected chi connectivity index (χ0v) is 12.6. The van der Waals surface area contributed by atoms with E-state index in [1.807, 2.05) is 0 Å². The van der Waals surface area contributed by atoms with Crippen LogP contribution >= 0.6 is 23.2 Å². The van der Waals surface area contributed by atoms with Gasteiger partial charge in [-0.25, -0.2) is 0 Å². The van der Waals surface area contributed by atoms with Gasteiger partial charge in [-0.3, -0.25) is 19.7 Å². The molecule has 0 saturated carbocycles. The second kappa shape index (κ2) is 6.28. The van der Waals surface area contributed by atoms with Crippen molar-refractivity contribution in [2.45, 2.75) is 13.0 Å². The van der Waals surface area contributed by atoms with Gasteiger partial charge in [-0.1, -0.05) is 35.3 Å². The lowest BCUT2D eigenvalue weighted by Crippen LogP contribution is -2.58. The van der Waals surface area contributed by atoms with E-state index in [2.05, 4.69) is 5.32 Å². The summed E-state index contributed by atoms with van der Waals surface area (Å²) in [5, 5.41) is 2.89. The summed E-state index contributed by atoms with van der Waals surface area (Å²) < 4.78 is 0. The molecule has 5 nitrogen and oxygen atoms in total. The minimum atomic E-state index is -0.699. The predicted octanol–water partition coefficient (Wildman–Crippen LogP) is 1.88. The molecule has 110 valence electrons. The van der Waals surface area contributed by atoms with Gasteiger partial charge in [-0.15, -0.1) is 0 Å². The average molecular weight is 327 g/mol. The van der Waals surface area contributed by atoms with E-state index >= 15 is 0 Å². The topological polar surface area (TPSA) is 66.5 Å². The molecular weight excluding hydrogens is 315 g/mol. The Balaban J connectivity index is 2.17. The van der Waals surface area contributed by atoms with Gasteiger partial charge in [0.2, 0.25) is 17.7 Å². The van der Waals surface area contributed by atoms with Crippen LogP contribution in [0.1, 0.15) is 12.5 Å². The van der Waals surface area contributed by atoms with E-state index in [1.165, 1.54) is 17.1 Å². The monoisotopic (exact) mass is 326 g/mol. The van der Waals surface area contributed by atoms with Crippen molar-refractivity contribution >= 4 is 47.0 Å². The Labute approximate surface area is 131 Å². The van der Waals surface area contributed by atoms with Crippen LogP contribution in [0, 0.1) is 0 Å². The number of carbonyl (C=O) groups excluding carboxylic acids is 3. The highest BCUT2D eigenvalue weighted by molar-refractivity contribution is 6.42. The molecule has 0 radical (unpaired) electrons. The van der Waals surface area contributed by atoms with Crippen LogP contribution in [-0.2, 0) is 14.4 Å². The molecular formula is C14H12Cl2N2O3. The van der Waals surface area contributed by atoms with E-state index in [4.69, 9.17) is 23.2 Å². The highest BCUT2D eigenvalue weighted by Crippen LogP contribution is 2.26. The number of halogens is 2. The number of imide groups is 1. The van der Waals surface area contributed by atoms with Crippen molar-refractivity contribution in [3.05, 3.63) is 39.9 Å². The van der Waals surface area contributed by atoms with Crippen molar-refractivity contribution in [3.63, 3.8) is 0 Å². The van der Waals surface area contributed by atoms with Gasteiger partial charge in [0, 0.05) is 6.08 Å². The molecule has 1 atom stereocenters. The Morgan fingerprint density at radius 1 is 1.38 bits per heavy atom. The maximum Gasteiger partial charge on any atom is 0.249 e. The van der Waals surface area contributed by atoms with Gasteiger partial charge in [0.1, 0.15) is 12.6 Å². The molecule has 1 unspecified atom stereocenters. The second-order valence-electron chi connectivity index (χ2n) is 4.53. The molecule has 2 rings (SSSR count). The third-order valence-electron chi connectivity index (χ3n) is 3.09. The standard InChI is InChI=1S/C14H12Cl2N2O3/c1-8-14(21)17-11(19)7-18(8)12(20)6-5-9-3-2-4-10(15)13(9)16/h2-6,8H,7H2,1H3,(H,17,19,21). The third kappa shape index (κ3) is 3.43. The highest BCUT2D eigenvalue weighted by atomic mass is 35.5. The molecule has 0 aliphatic carbocycles. The van der Waals surface area contributed by atoms with Crippen molar-refractivity contribution in [1.29, 1.82) is 0 Å². The number of rotatable bonds is 2. The van der Waals surface area contributed by atoms with E-state index in [9.17, 15) is 14.4 Å². The number of nitrogens with one attached hydrogen (secondary N) is 1. The van der Waals surface area contributed by atoms with Crippen LogP contribution in [0.25, 0.3) is 6.08 Å². The molecule has 0 bridgehead atoms. The van der Waals surface area contributed by atoms with E-state index in [-0.39, 0.29) is 6.54 Å². The zero-order valence-electron chi connectivity index (χ0n) is 11.1. The minimum absolute atomic E-state index is 0.153. The van der Waals surface area contributed by atoms with Crippen LogP contribution in [0.4, 0.5) is 0 Å². The van der Waals surface area contributed by atoms with Gasteiger partial charge in [0.25, 0.3) is 0 Å². The van der Waals surface area contributed by atoms with E-state index in [1.54, 1.807) is 25.1 Å². The molecule has 3 amide bonds. The molecule has 1 heterocycles. The number of benzene rings is 1. The average Bonchev–Trinajstić information content (AvgIpc) is 2.44. The van der Waals surface area contributed by atoms with Crippen LogP contribution in [0.2, 0.25) is 10.0 Å². The number of piperazine rings is 1. The summed E-state index contributed by atoms with van der Waals surface area (Å²) >= 11 is 11.9. The molecule has 1 aromatic rings. The summed E-state index contributed by atoms with van der Waals surface area (Å²) in [4.78, 5) is 36.1. The first-order valence-corrected chi connectivity index (χ1v) is 6.92. The summed E-state index contributed by atoms with van der Waals surface area (Å²) in [6.07, 6.45) is 2.76. The van der Waals surface area contributed by atoms with Gasteiger partial charge in [0.05, 0.1) is 10.0 Å². The van der Waals surface area contributed by atoms with Crippen LogP contribution < -0.4 is 5.32 Å². The van der Waals surface area contributed by atoms with Crippen molar-refractivity contribution in [1.82, 2.24) is 10.2 Å². The molecule has 1 saturated heterocycles. The Morgan fingerprint density at radius 3 is 2.81 bits per heavy atom.